The number of thioether (sulfide) groups is 1. The highest BCUT2D eigenvalue weighted by atomic mass is 32.2. The molecule has 0 amide bonds. The van der Waals surface area contributed by atoms with E-state index in [0.717, 1.165) is 12.5 Å². The van der Waals surface area contributed by atoms with Crippen LogP contribution in [0.15, 0.2) is 0 Å². The molecular weight excluding hydrogens is 168 g/mol. The van der Waals surface area contributed by atoms with E-state index in [2.05, 4.69) is 0 Å². The molecule has 1 atom stereocenters. The molecule has 0 aromatic heterocycles. The van der Waals surface area contributed by atoms with Crippen LogP contribution in [0, 0.1) is 5.92 Å². The van der Waals surface area contributed by atoms with Crippen molar-refractivity contribution in [3.63, 3.8) is 0 Å². The second-order valence-electron chi connectivity index (χ2n) is 3.86. The molecule has 0 spiro atoms. The lowest BCUT2D eigenvalue weighted by atomic mass is 9.90. The summed E-state index contributed by atoms with van der Waals surface area (Å²) >= 11 is 2.05. The molecular formula is C10H18OS. The molecule has 1 heterocycles. The number of hydrogen-bond acceptors (Lipinski definition) is 2. The molecule has 0 N–H and O–H groups in total. The maximum atomic E-state index is 5.78. The molecule has 0 bridgehead atoms. The van der Waals surface area contributed by atoms with Crippen molar-refractivity contribution in [1.29, 1.82) is 0 Å². The average Bonchev–Trinajstić information content (AvgIpc) is 2.21. The zero-order chi connectivity index (χ0) is 8.23. The van der Waals surface area contributed by atoms with Gasteiger partial charge in [-0.05, 0) is 30.9 Å². The van der Waals surface area contributed by atoms with Gasteiger partial charge in [-0.2, -0.15) is 0 Å². The maximum Gasteiger partial charge on any atom is 0.106 e. The van der Waals surface area contributed by atoms with E-state index < -0.39 is 0 Å². The first-order valence-corrected chi connectivity index (χ1v) is 6.25. The Bertz CT molecular complexity index is 110. The van der Waals surface area contributed by atoms with Gasteiger partial charge in [-0.15, -0.1) is 11.8 Å². The molecule has 1 unspecified atom stereocenters. The van der Waals surface area contributed by atoms with Crippen molar-refractivity contribution < 1.29 is 4.74 Å². The van der Waals surface area contributed by atoms with Crippen LogP contribution in [0.5, 0.6) is 0 Å². The molecule has 1 saturated carbocycles. The van der Waals surface area contributed by atoms with E-state index in [-0.39, 0.29) is 0 Å². The van der Waals surface area contributed by atoms with Gasteiger partial charge in [-0.25, -0.2) is 0 Å². The molecule has 1 aliphatic heterocycles. The number of ether oxygens (including phenoxy) is 1. The Balaban J connectivity index is 1.80. The molecule has 1 saturated heterocycles. The van der Waals surface area contributed by atoms with E-state index >= 15 is 0 Å². The van der Waals surface area contributed by atoms with Crippen molar-refractivity contribution in [2.24, 2.45) is 5.92 Å². The molecule has 70 valence electrons. The zero-order valence-electron chi connectivity index (χ0n) is 7.63. The minimum absolute atomic E-state index is 0.555. The fraction of sp³-hybridized carbons (Fsp3) is 1.00. The normalized spacial score (nSPS) is 33.5. The summed E-state index contributed by atoms with van der Waals surface area (Å²) in [6, 6.07) is 0. The van der Waals surface area contributed by atoms with Crippen LogP contribution in [-0.4, -0.2) is 17.8 Å². The van der Waals surface area contributed by atoms with E-state index in [9.17, 15) is 0 Å². The quantitative estimate of drug-likeness (QED) is 0.622. The topological polar surface area (TPSA) is 9.23 Å². The Kier molecular flexibility index (Phi) is 3.35. The first-order valence-electron chi connectivity index (χ1n) is 5.20. The van der Waals surface area contributed by atoms with Gasteiger partial charge in [0.15, 0.2) is 0 Å². The lowest BCUT2D eigenvalue weighted by Gasteiger charge is -2.32. The van der Waals surface area contributed by atoms with Gasteiger partial charge in [0, 0.05) is 6.61 Å². The van der Waals surface area contributed by atoms with E-state index in [0.29, 0.717) is 5.44 Å². The van der Waals surface area contributed by atoms with E-state index in [1.54, 1.807) is 0 Å². The molecule has 2 aliphatic rings. The van der Waals surface area contributed by atoms with Gasteiger partial charge in [0.05, 0.1) is 0 Å². The SMILES string of the molecule is C1CCC(C2OCCCS2)CC1. The van der Waals surface area contributed by atoms with Crippen molar-refractivity contribution in [3.8, 4) is 0 Å². The largest absolute Gasteiger partial charge is 0.367 e. The van der Waals surface area contributed by atoms with E-state index in [4.69, 9.17) is 4.74 Å². The van der Waals surface area contributed by atoms with Gasteiger partial charge in [-0.3, -0.25) is 0 Å². The van der Waals surface area contributed by atoms with E-state index in [1.807, 2.05) is 11.8 Å². The van der Waals surface area contributed by atoms with Crippen LogP contribution in [0.4, 0.5) is 0 Å². The standard InChI is InChI=1S/C10H18OS/c1-2-5-9(6-3-1)10-11-7-4-8-12-10/h9-10H,1-8H2. The third-order valence-corrected chi connectivity index (χ3v) is 4.26. The summed E-state index contributed by atoms with van der Waals surface area (Å²) < 4.78 is 5.78. The lowest BCUT2D eigenvalue weighted by Crippen LogP contribution is -2.27. The molecule has 2 fully saturated rings. The van der Waals surface area contributed by atoms with Crippen LogP contribution in [0.3, 0.4) is 0 Å². The predicted octanol–water partition coefficient (Wildman–Crippen LogP) is 3.05. The first-order chi connectivity index (χ1) is 5.97. The summed E-state index contributed by atoms with van der Waals surface area (Å²) in [5.74, 6) is 2.20. The summed E-state index contributed by atoms with van der Waals surface area (Å²) in [5.41, 5.74) is 0.555. The molecule has 12 heavy (non-hydrogen) atoms. The Labute approximate surface area is 79.2 Å². The van der Waals surface area contributed by atoms with Crippen LogP contribution in [0.1, 0.15) is 38.5 Å². The predicted molar refractivity (Wildman–Crippen MR) is 53.4 cm³/mol. The van der Waals surface area contributed by atoms with Gasteiger partial charge in [0.1, 0.15) is 5.44 Å². The fourth-order valence-corrected chi connectivity index (χ4v) is 3.44. The van der Waals surface area contributed by atoms with Crippen molar-refractivity contribution in [2.75, 3.05) is 12.4 Å². The van der Waals surface area contributed by atoms with Crippen LogP contribution < -0.4 is 0 Å². The van der Waals surface area contributed by atoms with Crippen molar-refractivity contribution in [1.82, 2.24) is 0 Å². The Morgan fingerprint density at radius 1 is 1.00 bits per heavy atom. The Morgan fingerprint density at radius 3 is 2.50 bits per heavy atom. The number of rotatable bonds is 1. The smallest absolute Gasteiger partial charge is 0.106 e. The fourth-order valence-electron chi connectivity index (χ4n) is 2.18. The minimum Gasteiger partial charge on any atom is -0.367 e. The summed E-state index contributed by atoms with van der Waals surface area (Å²) in [6.45, 7) is 1.01. The van der Waals surface area contributed by atoms with Crippen LogP contribution in [0.2, 0.25) is 0 Å². The summed E-state index contributed by atoms with van der Waals surface area (Å²) in [4.78, 5) is 0. The summed E-state index contributed by atoms with van der Waals surface area (Å²) in [5, 5.41) is 0. The Morgan fingerprint density at radius 2 is 1.83 bits per heavy atom. The number of hydrogen-bond donors (Lipinski definition) is 0. The highest BCUT2D eigenvalue weighted by molar-refractivity contribution is 7.99. The van der Waals surface area contributed by atoms with Crippen molar-refractivity contribution in [3.05, 3.63) is 0 Å². The summed E-state index contributed by atoms with van der Waals surface area (Å²) in [7, 11) is 0. The van der Waals surface area contributed by atoms with Gasteiger partial charge >= 0.3 is 0 Å². The molecule has 2 rings (SSSR count). The van der Waals surface area contributed by atoms with Crippen LogP contribution >= 0.6 is 11.8 Å². The molecule has 0 aromatic rings. The van der Waals surface area contributed by atoms with Gasteiger partial charge in [0.25, 0.3) is 0 Å². The van der Waals surface area contributed by atoms with Crippen LogP contribution in [0.25, 0.3) is 0 Å². The summed E-state index contributed by atoms with van der Waals surface area (Å²) in [6.07, 6.45) is 8.41. The highest BCUT2D eigenvalue weighted by Crippen LogP contribution is 2.35. The van der Waals surface area contributed by atoms with Gasteiger partial charge < -0.3 is 4.74 Å². The van der Waals surface area contributed by atoms with Crippen molar-refractivity contribution in [2.45, 2.75) is 44.0 Å². The third-order valence-electron chi connectivity index (χ3n) is 2.89. The van der Waals surface area contributed by atoms with Gasteiger partial charge in [0.2, 0.25) is 0 Å². The van der Waals surface area contributed by atoms with E-state index in [1.165, 1.54) is 44.3 Å². The third kappa shape index (κ3) is 2.17. The monoisotopic (exact) mass is 186 g/mol. The molecule has 1 aliphatic carbocycles. The lowest BCUT2D eigenvalue weighted by molar-refractivity contribution is 0.0540. The molecule has 2 heteroatoms. The zero-order valence-corrected chi connectivity index (χ0v) is 8.44. The second kappa shape index (κ2) is 4.52. The van der Waals surface area contributed by atoms with Crippen LogP contribution in [-0.2, 0) is 4.74 Å². The minimum atomic E-state index is 0.555. The highest BCUT2D eigenvalue weighted by Gasteiger charge is 2.26. The Hall–Kier alpha value is 0.310. The molecule has 0 radical (unpaired) electrons. The first kappa shape index (κ1) is 8.89. The average molecular weight is 186 g/mol. The molecule has 0 aromatic carbocycles. The maximum absolute atomic E-state index is 5.78. The van der Waals surface area contributed by atoms with Gasteiger partial charge in [-0.1, -0.05) is 19.3 Å². The second-order valence-corrected chi connectivity index (χ2v) is 5.07. The van der Waals surface area contributed by atoms with Crippen molar-refractivity contribution >= 4 is 11.8 Å². The molecule has 1 nitrogen and oxygen atoms in total.